The van der Waals surface area contributed by atoms with Crippen molar-refractivity contribution in [2.24, 2.45) is 0 Å². The molecule has 0 bridgehead atoms. The lowest BCUT2D eigenvalue weighted by Gasteiger charge is -2.22. The normalized spacial score (nSPS) is 19.7. The predicted molar refractivity (Wildman–Crippen MR) is 73.2 cm³/mol. The van der Waals surface area contributed by atoms with E-state index >= 15 is 0 Å². The second kappa shape index (κ2) is 5.07. The smallest absolute Gasteiger partial charge is 0.0992 e. The maximum Gasteiger partial charge on any atom is 0.0992 e. The summed E-state index contributed by atoms with van der Waals surface area (Å²) in [5, 5.41) is 8.84. The van der Waals surface area contributed by atoms with Crippen molar-refractivity contribution >= 4 is 21.6 Å². The summed E-state index contributed by atoms with van der Waals surface area (Å²) in [5.41, 5.74) is 1.89. The molecule has 1 saturated heterocycles. The van der Waals surface area contributed by atoms with Gasteiger partial charge in [0.25, 0.3) is 0 Å². The molecule has 4 heteroatoms. The summed E-state index contributed by atoms with van der Waals surface area (Å²) < 4.78 is 1.01. The van der Waals surface area contributed by atoms with E-state index in [-0.39, 0.29) is 0 Å². The van der Waals surface area contributed by atoms with Crippen molar-refractivity contribution in [1.82, 2.24) is 4.90 Å². The van der Waals surface area contributed by atoms with E-state index in [1.165, 1.54) is 12.1 Å². The van der Waals surface area contributed by atoms with Crippen LogP contribution in [-0.2, 0) is 0 Å². The molecule has 1 aromatic rings. The van der Waals surface area contributed by atoms with E-state index in [0.717, 1.165) is 17.6 Å². The number of hydrogen-bond donors (Lipinski definition) is 0. The Labute approximate surface area is 111 Å². The highest BCUT2D eigenvalue weighted by Crippen LogP contribution is 2.30. The third-order valence-electron chi connectivity index (χ3n) is 3.31. The first kappa shape index (κ1) is 12.4. The number of nitriles is 1. The molecule has 0 radical (unpaired) electrons. The van der Waals surface area contributed by atoms with E-state index < -0.39 is 0 Å². The van der Waals surface area contributed by atoms with Gasteiger partial charge >= 0.3 is 0 Å². The van der Waals surface area contributed by atoms with Crippen LogP contribution in [0.15, 0.2) is 22.7 Å². The first-order valence-corrected chi connectivity index (χ1v) is 6.52. The first-order chi connectivity index (χ1) is 8.11. The number of hydrogen-bond acceptors (Lipinski definition) is 3. The van der Waals surface area contributed by atoms with Crippen LogP contribution in [0.5, 0.6) is 0 Å². The summed E-state index contributed by atoms with van der Waals surface area (Å²) in [6.07, 6.45) is 1.19. The lowest BCUT2D eigenvalue weighted by Crippen LogP contribution is -2.31. The van der Waals surface area contributed by atoms with Crippen molar-refractivity contribution in [3.05, 3.63) is 28.2 Å². The Morgan fingerprint density at radius 1 is 1.47 bits per heavy atom. The van der Waals surface area contributed by atoms with Crippen molar-refractivity contribution in [3.8, 4) is 6.07 Å². The number of rotatable bonds is 2. The molecule has 1 atom stereocenters. The van der Waals surface area contributed by atoms with Gasteiger partial charge in [-0.05, 0) is 54.6 Å². The lowest BCUT2D eigenvalue weighted by molar-refractivity contribution is 0.315. The molecule has 3 nitrogen and oxygen atoms in total. The van der Waals surface area contributed by atoms with Gasteiger partial charge in [0.1, 0.15) is 0 Å². The highest BCUT2D eigenvalue weighted by atomic mass is 79.9. The maximum absolute atomic E-state index is 8.84. The lowest BCUT2D eigenvalue weighted by atomic mass is 10.2. The van der Waals surface area contributed by atoms with Gasteiger partial charge < -0.3 is 9.80 Å². The summed E-state index contributed by atoms with van der Waals surface area (Å²) in [6, 6.07) is 8.57. The minimum Gasteiger partial charge on any atom is -0.369 e. The van der Waals surface area contributed by atoms with Gasteiger partial charge in [0.2, 0.25) is 0 Å². The van der Waals surface area contributed by atoms with Gasteiger partial charge in [-0.2, -0.15) is 5.26 Å². The summed E-state index contributed by atoms with van der Waals surface area (Å²) in [6.45, 7) is 2.13. The van der Waals surface area contributed by atoms with E-state index in [1.807, 2.05) is 18.2 Å². The van der Waals surface area contributed by atoms with Crippen LogP contribution in [0.3, 0.4) is 0 Å². The molecule has 1 aliphatic rings. The first-order valence-electron chi connectivity index (χ1n) is 5.73. The molecule has 90 valence electrons. The average molecular weight is 294 g/mol. The Kier molecular flexibility index (Phi) is 3.70. The number of benzene rings is 1. The number of likely N-dealkylation sites (N-methyl/N-ethyl adjacent to an activating group) is 1. The van der Waals surface area contributed by atoms with Crippen LogP contribution in [0.25, 0.3) is 0 Å². The fourth-order valence-electron chi connectivity index (χ4n) is 2.22. The van der Waals surface area contributed by atoms with Crippen molar-refractivity contribution in [1.29, 1.82) is 5.26 Å². The molecule has 1 aromatic carbocycles. The minimum atomic E-state index is 0.623. The fraction of sp³-hybridized carbons (Fsp3) is 0.462. The second-order valence-corrected chi connectivity index (χ2v) is 5.48. The highest BCUT2D eigenvalue weighted by molar-refractivity contribution is 9.10. The van der Waals surface area contributed by atoms with E-state index in [2.05, 4.69) is 45.9 Å². The van der Waals surface area contributed by atoms with Crippen LogP contribution in [-0.4, -0.2) is 38.1 Å². The maximum atomic E-state index is 8.84. The Hall–Kier alpha value is -1.05. The van der Waals surface area contributed by atoms with Gasteiger partial charge in [0, 0.05) is 23.6 Å². The minimum absolute atomic E-state index is 0.623. The molecule has 0 amide bonds. The van der Waals surface area contributed by atoms with Crippen LogP contribution in [0.4, 0.5) is 5.69 Å². The molecule has 1 aliphatic heterocycles. The van der Waals surface area contributed by atoms with Gasteiger partial charge in [0.05, 0.1) is 17.3 Å². The van der Waals surface area contributed by atoms with Gasteiger partial charge in [-0.25, -0.2) is 0 Å². The van der Waals surface area contributed by atoms with Gasteiger partial charge in [0.15, 0.2) is 0 Å². The molecule has 0 spiro atoms. The van der Waals surface area contributed by atoms with Crippen molar-refractivity contribution in [3.63, 3.8) is 0 Å². The monoisotopic (exact) mass is 293 g/mol. The third kappa shape index (κ3) is 2.62. The van der Waals surface area contributed by atoms with Crippen molar-refractivity contribution < 1.29 is 0 Å². The Morgan fingerprint density at radius 3 is 2.76 bits per heavy atom. The zero-order chi connectivity index (χ0) is 12.4. The fourth-order valence-corrected chi connectivity index (χ4v) is 2.84. The molecule has 0 N–H and O–H groups in total. The molecule has 0 aromatic heterocycles. The number of halogens is 1. The standard InChI is InChI=1S/C13H16BrN3/c1-16(2)11-5-6-17(9-11)13-4-3-10(8-15)7-12(13)14/h3-4,7,11H,5-6,9H2,1-2H3. The van der Waals surface area contributed by atoms with Crippen molar-refractivity contribution in [2.45, 2.75) is 12.5 Å². The van der Waals surface area contributed by atoms with E-state index in [9.17, 15) is 0 Å². The molecular weight excluding hydrogens is 278 g/mol. The van der Waals surface area contributed by atoms with Crippen LogP contribution in [0, 0.1) is 11.3 Å². The van der Waals surface area contributed by atoms with Crippen LogP contribution >= 0.6 is 15.9 Å². The zero-order valence-corrected chi connectivity index (χ0v) is 11.7. The molecule has 2 rings (SSSR count). The molecule has 1 fully saturated rings. The Bertz CT molecular complexity index is 450. The predicted octanol–water partition coefficient (Wildman–Crippen LogP) is 2.46. The SMILES string of the molecule is CN(C)C1CCN(c2ccc(C#N)cc2Br)C1. The van der Waals surface area contributed by atoms with Gasteiger partial charge in [-0.3, -0.25) is 0 Å². The number of anilines is 1. The molecule has 17 heavy (non-hydrogen) atoms. The van der Waals surface area contributed by atoms with Crippen LogP contribution < -0.4 is 4.90 Å². The molecule has 0 aliphatic carbocycles. The molecule has 1 unspecified atom stereocenters. The van der Waals surface area contributed by atoms with E-state index in [0.29, 0.717) is 11.6 Å². The summed E-state index contributed by atoms with van der Waals surface area (Å²) in [7, 11) is 4.25. The second-order valence-electron chi connectivity index (χ2n) is 4.63. The summed E-state index contributed by atoms with van der Waals surface area (Å²) >= 11 is 3.55. The number of nitrogens with zero attached hydrogens (tertiary/aromatic N) is 3. The molecule has 1 heterocycles. The Balaban J connectivity index is 2.17. The Morgan fingerprint density at radius 2 is 2.24 bits per heavy atom. The summed E-state index contributed by atoms with van der Waals surface area (Å²) in [5.74, 6) is 0. The van der Waals surface area contributed by atoms with Crippen LogP contribution in [0.2, 0.25) is 0 Å². The van der Waals surface area contributed by atoms with Crippen LogP contribution in [0.1, 0.15) is 12.0 Å². The van der Waals surface area contributed by atoms with E-state index in [1.54, 1.807) is 0 Å². The molecular formula is C13H16BrN3. The third-order valence-corrected chi connectivity index (χ3v) is 3.95. The molecule has 0 saturated carbocycles. The van der Waals surface area contributed by atoms with E-state index in [4.69, 9.17) is 5.26 Å². The largest absolute Gasteiger partial charge is 0.369 e. The highest BCUT2D eigenvalue weighted by Gasteiger charge is 2.25. The summed E-state index contributed by atoms with van der Waals surface area (Å²) in [4.78, 5) is 4.65. The van der Waals surface area contributed by atoms with Gasteiger partial charge in [-0.15, -0.1) is 0 Å². The topological polar surface area (TPSA) is 30.3 Å². The van der Waals surface area contributed by atoms with Crippen molar-refractivity contribution in [2.75, 3.05) is 32.1 Å². The van der Waals surface area contributed by atoms with Gasteiger partial charge in [-0.1, -0.05) is 0 Å². The average Bonchev–Trinajstić information content (AvgIpc) is 2.78. The quantitative estimate of drug-likeness (QED) is 0.839. The zero-order valence-electron chi connectivity index (χ0n) is 10.2.